The molecule has 0 aliphatic heterocycles. The van der Waals surface area contributed by atoms with E-state index in [1.165, 1.54) is 17.1 Å². The second kappa shape index (κ2) is 8.05. The summed E-state index contributed by atoms with van der Waals surface area (Å²) in [6, 6.07) is 0. The summed E-state index contributed by atoms with van der Waals surface area (Å²) >= 11 is 0. The number of nitrogens with zero attached hydrogens (tertiary/aromatic N) is 3. The summed E-state index contributed by atoms with van der Waals surface area (Å²) < 4.78 is 6.74. The number of carbonyl (C=O) groups excluding carboxylic acids is 1. The number of ether oxygens (including phenoxy) is 1. The molecule has 110 valence electrons. The van der Waals surface area contributed by atoms with Crippen LogP contribution in [0, 0.1) is 10.1 Å². The van der Waals surface area contributed by atoms with Gasteiger partial charge in [-0.05, 0) is 16.8 Å². The summed E-state index contributed by atoms with van der Waals surface area (Å²) in [5.74, 6) is -0.362. The predicted octanol–water partition coefficient (Wildman–Crippen LogP) is 0.890. The zero-order chi connectivity index (χ0) is 15.0. The second-order valence-electron chi connectivity index (χ2n) is 4.34. The van der Waals surface area contributed by atoms with Crippen LogP contribution in [0.25, 0.3) is 0 Å². The van der Waals surface area contributed by atoms with Crippen LogP contribution >= 0.6 is 0 Å². The largest absolute Gasteiger partial charge is 0.381 e. The van der Waals surface area contributed by atoms with Crippen molar-refractivity contribution in [1.82, 2.24) is 14.9 Å². The lowest BCUT2D eigenvalue weighted by Gasteiger charge is -2.06. The van der Waals surface area contributed by atoms with Gasteiger partial charge in [-0.15, -0.1) is 0 Å². The van der Waals surface area contributed by atoms with E-state index in [9.17, 15) is 14.9 Å². The van der Waals surface area contributed by atoms with Crippen LogP contribution in [0.2, 0.25) is 0 Å². The Morgan fingerprint density at radius 1 is 1.65 bits per heavy atom. The molecule has 0 saturated heterocycles. The number of rotatable bonds is 9. The molecule has 0 bridgehead atoms. The van der Waals surface area contributed by atoms with Gasteiger partial charge in [-0.25, -0.2) is 0 Å². The van der Waals surface area contributed by atoms with Gasteiger partial charge in [0.15, 0.2) is 0 Å². The van der Waals surface area contributed by atoms with Gasteiger partial charge in [0.1, 0.15) is 6.20 Å². The maximum atomic E-state index is 11.5. The molecule has 0 aromatic carbocycles. The average molecular weight is 282 g/mol. The Bertz CT molecular complexity index is 484. The highest BCUT2D eigenvalue weighted by Crippen LogP contribution is 2.05. The number of nitrogens with one attached hydrogen (secondary N) is 1. The molecule has 0 fully saturated rings. The van der Waals surface area contributed by atoms with Crippen LogP contribution in [0.3, 0.4) is 0 Å². The van der Waals surface area contributed by atoms with Crippen LogP contribution < -0.4 is 5.32 Å². The number of carbonyl (C=O) groups is 1. The number of nitro groups is 1. The molecule has 1 rings (SSSR count). The third kappa shape index (κ3) is 6.10. The topological polar surface area (TPSA) is 99.3 Å². The number of hydrogen-bond acceptors (Lipinski definition) is 5. The molecular weight excluding hydrogens is 264 g/mol. The molecule has 1 N–H and O–H groups in total. The molecule has 0 radical (unpaired) electrons. The molecule has 1 aromatic heterocycles. The summed E-state index contributed by atoms with van der Waals surface area (Å²) in [7, 11) is 0. The van der Waals surface area contributed by atoms with Gasteiger partial charge in [-0.1, -0.05) is 12.2 Å². The van der Waals surface area contributed by atoms with Crippen LogP contribution in [0.5, 0.6) is 0 Å². The molecule has 0 aliphatic carbocycles. The van der Waals surface area contributed by atoms with Gasteiger partial charge in [-0.3, -0.25) is 4.79 Å². The summed E-state index contributed by atoms with van der Waals surface area (Å²) in [6.07, 6.45) is 2.86. The van der Waals surface area contributed by atoms with Gasteiger partial charge in [0, 0.05) is 19.5 Å². The fourth-order valence-electron chi connectivity index (χ4n) is 1.39. The zero-order valence-electron chi connectivity index (χ0n) is 11.4. The molecule has 1 amide bonds. The van der Waals surface area contributed by atoms with Crippen molar-refractivity contribution < 1.29 is 14.5 Å². The van der Waals surface area contributed by atoms with E-state index in [2.05, 4.69) is 16.9 Å². The Morgan fingerprint density at radius 2 is 2.40 bits per heavy atom. The monoisotopic (exact) mass is 282 g/mol. The second-order valence-corrected chi connectivity index (χ2v) is 4.34. The molecule has 1 aromatic rings. The van der Waals surface area contributed by atoms with E-state index in [4.69, 9.17) is 4.74 Å². The van der Waals surface area contributed by atoms with Crippen molar-refractivity contribution in [3.63, 3.8) is 0 Å². The normalized spacial score (nSPS) is 10.2. The summed E-state index contributed by atoms with van der Waals surface area (Å²) in [6.45, 7) is 7.24. The average Bonchev–Trinajstić information content (AvgIpc) is 2.84. The van der Waals surface area contributed by atoms with Crippen molar-refractivity contribution in [2.24, 2.45) is 0 Å². The summed E-state index contributed by atoms with van der Waals surface area (Å²) in [5, 5.41) is 13.1. The van der Waals surface area contributed by atoms with Gasteiger partial charge in [0.25, 0.3) is 0 Å². The Morgan fingerprint density at radius 3 is 3.00 bits per heavy atom. The predicted molar refractivity (Wildman–Crippen MR) is 72.1 cm³/mol. The SMILES string of the molecule is C=C(C)COCCNC(=O)CCn1cnc([N+](=O)[O-])c1. The smallest absolute Gasteiger partial charge is 0.375 e. The number of amides is 1. The summed E-state index contributed by atoms with van der Waals surface area (Å²) in [5.41, 5.74) is 0.929. The zero-order valence-corrected chi connectivity index (χ0v) is 11.4. The van der Waals surface area contributed by atoms with Gasteiger partial charge >= 0.3 is 5.82 Å². The highest BCUT2D eigenvalue weighted by molar-refractivity contribution is 5.75. The van der Waals surface area contributed by atoms with Crippen molar-refractivity contribution in [3.8, 4) is 0 Å². The van der Waals surface area contributed by atoms with Crippen molar-refractivity contribution in [1.29, 1.82) is 0 Å². The van der Waals surface area contributed by atoms with Crippen molar-refractivity contribution in [3.05, 3.63) is 34.8 Å². The first-order valence-electron chi connectivity index (χ1n) is 6.14. The maximum absolute atomic E-state index is 11.5. The lowest BCUT2D eigenvalue weighted by Crippen LogP contribution is -2.28. The number of aryl methyl sites for hydroxylation is 1. The minimum atomic E-state index is -0.574. The minimum Gasteiger partial charge on any atom is -0.375 e. The van der Waals surface area contributed by atoms with Gasteiger partial charge in [-0.2, -0.15) is 0 Å². The lowest BCUT2D eigenvalue weighted by atomic mass is 10.4. The highest BCUT2D eigenvalue weighted by atomic mass is 16.6. The van der Waals surface area contributed by atoms with E-state index in [0.717, 1.165) is 5.57 Å². The molecular formula is C12H18N4O4. The van der Waals surface area contributed by atoms with Crippen LogP contribution in [0.15, 0.2) is 24.7 Å². The third-order valence-corrected chi connectivity index (χ3v) is 2.32. The van der Waals surface area contributed by atoms with Crippen LogP contribution in [-0.2, 0) is 16.1 Å². The molecule has 0 spiro atoms. The standard InChI is InChI=1S/C12H18N4O4/c1-10(2)8-20-6-4-13-12(17)3-5-15-7-11(14-9-15)16(18)19/h7,9H,1,3-6,8H2,2H3,(H,13,17). The Hall–Kier alpha value is -2.22. The van der Waals surface area contributed by atoms with Crippen molar-refractivity contribution in [2.75, 3.05) is 19.8 Å². The van der Waals surface area contributed by atoms with E-state index in [0.29, 0.717) is 26.3 Å². The fraction of sp³-hybridized carbons (Fsp3) is 0.500. The van der Waals surface area contributed by atoms with E-state index < -0.39 is 4.92 Å². The van der Waals surface area contributed by atoms with Crippen molar-refractivity contribution in [2.45, 2.75) is 19.9 Å². The Balaban J connectivity index is 2.16. The molecule has 8 heteroatoms. The number of aromatic nitrogens is 2. The fourth-order valence-corrected chi connectivity index (χ4v) is 1.39. The highest BCUT2D eigenvalue weighted by Gasteiger charge is 2.10. The van der Waals surface area contributed by atoms with Crippen LogP contribution in [0.1, 0.15) is 13.3 Å². The quantitative estimate of drug-likeness (QED) is 0.314. The van der Waals surface area contributed by atoms with Crippen molar-refractivity contribution >= 4 is 11.7 Å². The Labute approximate surface area is 116 Å². The summed E-state index contributed by atoms with van der Waals surface area (Å²) in [4.78, 5) is 25.0. The van der Waals surface area contributed by atoms with E-state index in [-0.39, 0.29) is 18.1 Å². The first-order chi connectivity index (χ1) is 9.49. The molecule has 1 heterocycles. The first-order valence-corrected chi connectivity index (χ1v) is 6.14. The number of imidazole rings is 1. The Kier molecular flexibility index (Phi) is 6.38. The molecule has 20 heavy (non-hydrogen) atoms. The van der Waals surface area contributed by atoms with Gasteiger partial charge in [0.2, 0.25) is 12.2 Å². The minimum absolute atomic E-state index is 0.139. The number of hydrogen-bond donors (Lipinski definition) is 1. The van der Waals surface area contributed by atoms with Crippen LogP contribution in [0.4, 0.5) is 5.82 Å². The van der Waals surface area contributed by atoms with E-state index >= 15 is 0 Å². The molecule has 0 saturated carbocycles. The lowest BCUT2D eigenvalue weighted by molar-refractivity contribution is -0.389. The first kappa shape index (κ1) is 15.8. The molecule has 0 atom stereocenters. The van der Waals surface area contributed by atoms with E-state index in [1.54, 1.807) is 0 Å². The van der Waals surface area contributed by atoms with E-state index in [1.807, 2.05) is 6.92 Å². The maximum Gasteiger partial charge on any atom is 0.381 e. The van der Waals surface area contributed by atoms with Gasteiger partial charge < -0.3 is 24.7 Å². The molecule has 0 aliphatic rings. The van der Waals surface area contributed by atoms with Gasteiger partial charge in [0.05, 0.1) is 13.2 Å². The van der Waals surface area contributed by atoms with Crippen LogP contribution in [-0.4, -0.2) is 40.1 Å². The molecule has 0 unspecified atom stereocenters. The molecule has 8 nitrogen and oxygen atoms in total. The third-order valence-electron chi connectivity index (χ3n) is 2.32.